The van der Waals surface area contributed by atoms with Crippen LogP contribution in [-0.2, 0) is 9.59 Å². The highest BCUT2D eigenvalue weighted by atomic mass is 16.4. The van der Waals surface area contributed by atoms with Gasteiger partial charge in [-0.25, -0.2) is 4.79 Å². The molecule has 3 rings (SSSR count). The van der Waals surface area contributed by atoms with Crippen molar-refractivity contribution in [1.82, 2.24) is 10.3 Å². The van der Waals surface area contributed by atoms with Crippen molar-refractivity contribution < 1.29 is 19.5 Å². The number of carbonyl (C=O) groups excluding carboxylic acids is 2. The first-order chi connectivity index (χ1) is 10.1. The van der Waals surface area contributed by atoms with Crippen LogP contribution in [0.15, 0.2) is 30.6 Å². The molecular formula is C15H12N2O4. The molecule has 1 atom stereocenters. The quantitative estimate of drug-likeness (QED) is 0.814. The molecule has 0 aliphatic carbocycles. The van der Waals surface area contributed by atoms with Crippen molar-refractivity contribution in [3.63, 3.8) is 0 Å². The molecule has 6 nitrogen and oxygen atoms in total. The summed E-state index contributed by atoms with van der Waals surface area (Å²) in [7, 11) is 0. The average molecular weight is 284 g/mol. The minimum atomic E-state index is -1.07. The third-order valence-electron chi connectivity index (χ3n) is 3.65. The maximum absolute atomic E-state index is 11.9. The van der Waals surface area contributed by atoms with Gasteiger partial charge in [-0.2, -0.15) is 0 Å². The van der Waals surface area contributed by atoms with E-state index in [0.717, 1.165) is 0 Å². The second kappa shape index (κ2) is 4.97. The number of rotatable bonds is 2. The first-order valence-electron chi connectivity index (χ1n) is 6.51. The highest BCUT2D eigenvalue weighted by Gasteiger charge is 2.29. The monoisotopic (exact) mass is 284 g/mol. The predicted octanol–water partition coefficient (Wildman–Crippen LogP) is 1.45. The van der Waals surface area contributed by atoms with Crippen LogP contribution in [0.4, 0.5) is 0 Å². The van der Waals surface area contributed by atoms with Gasteiger partial charge in [0, 0.05) is 24.2 Å². The topological polar surface area (TPSA) is 96.4 Å². The fourth-order valence-corrected chi connectivity index (χ4v) is 2.61. The highest BCUT2D eigenvalue weighted by Crippen LogP contribution is 2.29. The number of carboxylic acid groups (broad SMARTS) is 1. The van der Waals surface area contributed by atoms with E-state index in [-0.39, 0.29) is 23.8 Å². The Morgan fingerprint density at radius 3 is 2.86 bits per heavy atom. The van der Waals surface area contributed by atoms with Crippen molar-refractivity contribution in [3.8, 4) is 0 Å². The molecule has 2 amide bonds. The average Bonchev–Trinajstić information content (AvgIpc) is 2.46. The summed E-state index contributed by atoms with van der Waals surface area (Å²) in [5.74, 6) is -2.24. The van der Waals surface area contributed by atoms with Gasteiger partial charge < -0.3 is 5.11 Å². The van der Waals surface area contributed by atoms with Crippen molar-refractivity contribution in [3.05, 3.63) is 41.7 Å². The Morgan fingerprint density at radius 1 is 1.33 bits per heavy atom. The number of fused-ring (bicyclic) bond motifs is 1. The first kappa shape index (κ1) is 13.2. The van der Waals surface area contributed by atoms with Gasteiger partial charge in [0.2, 0.25) is 11.8 Å². The number of carboxylic acids is 1. The number of piperidine rings is 1. The van der Waals surface area contributed by atoms with E-state index in [1.54, 1.807) is 18.3 Å². The van der Waals surface area contributed by atoms with E-state index < -0.39 is 11.9 Å². The summed E-state index contributed by atoms with van der Waals surface area (Å²) in [5, 5.41) is 12.9. The molecule has 0 spiro atoms. The molecule has 2 heterocycles. The minimum absolute atomic E-state index is 0.111. The number of nitrogens with zero attached hydrogens (tertiary/aromatic N) is 1. The second-order valence-corrected chi connectivity index (χ2v) is 4.97. The largest absolute Gasteiger partial charge is 0.478 e. The molecule has 21 heavy (non-hydrogen) atoms. The maximum Gasteiger partial charge on any atom is 0.336 e. The van der Waals surface area contributed by atoms with E-state index >= 15 is 0 Å². The Balaban J connectivity index is 2.13. The summed E-state index contributed by atoms with van der Waals surface area (Å²) in [5.41, 5.74) is 0.719. The number of carbonyl (C=O) groups is 3. The number of hydrogen-bond acceptors (Lipinski definition) is 4. The van der Waals surface area contributed by atoms with Crippen molar-refractivity contribution >= 4 is 28.6 Å². The Labute approximate surface area is 119 Å². The first-order valence-corrected chi connectivity index (χ1v) is 6.51. The van der Waals surface area contributed by atoms with Gasteiger partial charge in [0.25, 0.3) is 0 Å². The molecule has 0 radical (unpaired) electrons. The number of amides is 2. The highest BCUT2D eigenvalue weighted by molar-refractivity contribution is 6.05. The van der Waals surface area contributed by atoms with Crippen LogP contribution in [0.3, 0.4) is 0 Å². The summed E-state index contributed by atoms with van der Waals surface area (Å²) in [6.45, 7) is 0. The molecule has 1 aliphatic heterocycles. The molecule has 0 bridgehead atoms. The minimum Gasteiger partial charge on any atom is -0.478 e. The van der Waals surface area contributed by atoms with Crippen LogP contribution in [-0.4, -0.2) is 27.9 Å². The maximum atomic E-state index is 11.9. The van der Waals surface area contributed by atoms with Crippen LogP contribution >= 0.6 is 0 Å². The van der Waals surface area contributed by atoms with E-state index in [2.05, 4.69) is 10.3 Å². The fraction of sp³-hybridized carbons (Fsp3) is 0.200. The lowest BCUT2D eigenvalue weighted by Gasteiger charge is -2.21. The third kappa shape index (κ3) is 2.35. The molecule has 1 saturated heterocycles. The smallest absolute Gasteiger partial charge is 0.336 e. The molecule has 1 fully saturated rings. The number of aromatic nitrogens is 1. The molecule has 1 aromatic heterocycles. The predicted molar refractivity (Wildman–Crippen MR) is 73.8 cm³/mol. The van der Waals surface area contributed by atoms with Gasteiger partial charge in [0.15, 0.2) is 0 Å². The van der Waals surface area contributed by atoms with Crippen LogP contribution in [0.1, 0.15) is 34.7 Å². The third-order valence-corrected chi connectivity index (χ3v) is 3.65. The summed E-state index contributed by atoms with van der Waals surface area (Å²) < 4.78 is 0. The van der Waals surface area contributed by atoms with Crippen LogP contribution in [0.5, 0.6) is 0 Å². The van der Waals surface area contributed by atoms with Gasteiger partial charge >= 0.3 is 5.97 Å². The van der Waals surface area contributed by atoms with Crippen LogP contribution in [0, 0.1) is 0 Å². The Kier molecular flexibility index (Phi) is 3.13. The zero-order valence-corrected chi connectivity index (χ0v) is 11.0. The molecule has 2 aromatic rings. The van der Waals surface area contributed by atoms with E-state index in [9.17, 15) is 19.5 Å². The number of pyridine rings is 1. The molecule has 2 N–H and O–H groups in total. The Bertz CT molecular complexity index is 769. The van der Waals surface area contributed by atoms with Crippen LogP contribution in [0.25, 0.3) is 10.8 Å². The molecule has 1 aromatic carbocycles. The number of imide groups is 1. The van der Waals surface area contributed by atoms with Gasteiger partial charge in [0.1, 0.15) is 0 Å². The number of hydrogen-bond donors (Lipinski definition) is 2. The molecule has 1 unspecified atom stereocenters. The Hall–Kier alpha value is -2.76. The lowest BCUT2D eigenvalue weighted by molar-refractivity contribution is -0.134. The normalized spacial score (nSPS) is 18.6. The van der Waals surface area contributed by atoms with Crippen molar-refractivity contribution in [2.75, 3.05) is 0 Å². The zero-order valence-electron chi connectivity index (χ0n) is 11.0. The summed E-state index contributed by atoms with van der Waals surface area (Å²) >= 11 is 0. The molecular weight excluding hydrogens is 272 g/mol. The summed E-state index contributed by atoms with van der Waals surface area (Å²) in [6.07, 6.45) is 3.71. The van der Waals surface area contributed by atoms with Gasteiger partial charge in [-0.1, -0.05) is 6.07 Å². The second-order valence-electron chi connectivity index (χ2n) is 4.97. The lowest BCUT2D eigenvalue weighted by Crippen LogP contribution is -2.39. The van der Waals surface area contributed by atoms with Crippen molar-refractivity contribution in [1.29, 1.82) is 0 Å². The fourth-order valence-electron chi connectivity index (χ4n) is 2.61. The molecule has 6 heteroatoms. The van der Waals surface area contributed by atoms with Crippen molar-refractivity contribution in [2.45, 2.75) is 18.8 Å². The van der Waals surface area contributed by atoms with Gasteiger partial charge in [-0.15, -0.1) is 0 Å². The number of nitrogens with one attached hydrogen (secondary N) is 1. The summed E-state index contributed by atoms with van der Waals surface area (Å²) in [6, 6.07) is 4.98. The van der Waals surface area contributed by atoms with Gasteiger partial charge in [-0.3, -0.25) is 19.9 Å². The van der Waals surface area contributed by atoms with E-state index in [1.807, 2.05) is 0 Å². The van der Waals surface area contributed by atoms with E-state index in [0.29, 0.717) is 22.8 Å². The standard InChI is InChI=1S/C15H12N2O4/c18-13-2-1-10(14(19)17-13)9-5-8-3-4-16-7-12(8)11(6-9)15(20)21/h3-7,10H,1-2H2,(H,20,21)(H,17,18,19). The van der Waals surface area contributed by atoms with Gasteiger partial charge in [-0.05, 0) is 29.5 Å². The lowest BCUT2D eigenvalue weighted by atomic mass is 9.88. The SMILES string of the molecule is O=C1CCC(c2cc(C(=O)O)c3cnccc3c2)C(=O)N1. The van der Waals surface area contributed by atoms with E-state index in [1.165, 1.54) is 12.3 Å². The summed E-state index contributed by atoms with van der Waals surface area (Å²) in [4.78, 5) is 38.5. The Morgan fingerprint density at radius 2 is 2.14 bits per heavy atom. The van der Waals surface area contributed by atoms with E-state index in [4.69, 9.17) is 0 Å². The zero-order chi connectivity index (χ0) is 15.0. The number of benzene rings is 1. The molecule has 106 valence electrons. The van der Waals surface area contributed by atoms with Crippen LogP contribution < -0.4 is 5.32 Å². The molecule has 1 aliphatic rings. The van der Waals surface area contributed by atoms with Crippen LogP contribution in [0.2, 0.25) is 0 Å². The molecule has 0 saturated carbocycles. The van der Waals surface area contributed by atoms with Crippen molar-refractivity contribution in [2.24, 2.45) is 0 Å². The number of aromatic carboxylic acids is 1. The van der Waals surface area contributed by atoms with Gasteiger partial charge in [0.05, 0.1) is 11.5 Å².